The van der Waals surface area contributed by atoms with Gasteiger partial charge in [-0.15, -0.1) is 0 Å². The van der Waals surface area contributed by atoms with Crippen molar-refractivity contribution in [3.05, 3.63) is 47.5 Å². The van der Waals surface area contributed by atoms with Gasteiger partial charge in [0.1, 0.15) is 11.5 Å². The van der Waals surface area contributed by atoms with Gasteiger partial charge >= 0.3 is 71.1 Å². The smallest absolute Gasteiger partial charge is 0.872 e. The predicted octanol–water partition coefficient (Wildman–Crippen LogP) is -5.66. The number of benzene rings is 2. The van der Waals surface area contributed by atoms with E-state index in [0.29, 0.717) is 0 Å². The minimum atomic E-state index is -1.33. The molecule has 2 aromatic carbocycles. The second-order valence-corrected chi connectivity index (χ2v) is 3.97. The zero-order valence-electron chi connectivity index (χ0n) is 12.9. The quantitative estimate of drug-likeness (QED) is 0.389. The summed E-state index contributed by atoms with van der Waals surface area (Å²) in [5.74, 6) is -4.30. The average Bonchev–Trinajstić information content (AvgIpc) is 2.44. The first-order valence-corrected chi connectivity index (χ1v) is 5.69. The molecule has 0 saturated carbocycles. The molecule has 0 saturated heterocycles. The molecule has 0 aliphatic heterocycles. The molecule has 0 aliphatic rings. The molecule has 8 nitrogen and oxygen atoms in total. The molecule has 0 aromatic heterocycles. The molecular formula is C14H10Na2O8. The monoisotopic (exact) mass is 352 g/mol. The van der Waals surface area contributed by atoms with Crippen LogP contribution >= 0.6 is 0 Å². The van der Waals surface area contributed by atoms with Gasteiger partial charge in [-0.2, -0.15) is 0 Å². The fourth-order valence-electron chi connectivity index (χ4n) is 1.37. The molecule has 0 amide bonds. The van der Waals surface area contributed by atoms with Gasteiger partial charge in [0.15, 0.2) is 0 Å². The SMILES string of the molecule is O=C(O)c1cc(O)ccc1[O-].O=C(O)c1cc(O)ccc1[O-].[Na+].[Na+]. The Hall–Kier alpha value is -1.42. The Morgan fingerprint density at radius 1 is 0.708 bits per heavy atom. The zero-order chi connectivity index (χ0) is 16.9. The van der Waals surface area contributed by atoms with E-state index in [4.69, 9.17) is 20.4 Å². The first kappa shape index (κ1) is 24.8. The van der Waals surface area contributed by atoms with Gasteiger partial charge in [-0.05, 0) is 24.3 Å². The molecule has 0 fully saturated rings. The van der Waals surface area contributed by atoms with Crippen molar-refractivity contribution >= 4 is 11.9 Å². The van der Waals surface area contributed by atoms with Crippen molar-refractivity contribution in [1.29, 1.82) is 0 Å². The van der Waals surface area contributed by atoms with E-state index in [2.05, 4.69) is 0 Å². The summed E-state index contributed by atoms with van der Waals surface area (Å²) in [6.07, 6.45) is 0. The number of rotatable bonds is 2. The molecule has 24 heavy (non-hydrogen) atoms. The summed E-state index contributed by atoms with van der Waals surface area (Å²) in [6, 6.07) is 6.16. The van der Waals surface area contributed by atoms with Crippen LogP contribution in [0, 0.1) is 0 Å². The number of aromatic carboxylic acids is 2. The molecule has 0 radical (unpaired) electrons. The normalized spacial score (nSPS) is 8.67. The molecule has 4 N–H and O–H groups in total. The van der Waals surface area contributed by atoms with E-state index < -0.39 is 34.6 Å². The van der Waals surface area contributed by atoms with E-state index in [1.165, 1.54) is 0 Å². The number of aromatic hydroxyl groups is 2. The van der Waals surface area contributed by atoms with Gasteiger partial charge in [0.2, 0.25) is 0 Å². The van der Waals surface area contributed by atoms with Crippen molar-refractivity contribution in [2.45, 2.75) is 0 Å². The van der Waals surface area contributed by atoms with Gasteiger partial charge in [-0.1, -0.05) is 23.6 Å². The van der Waals surface area contributed by atoms with Crippen LogP contribution in [-0.4, -0.2) is 32.4 Å². The van der Waals surface area contributed by atoms with Gasteiger partial charge < -0.3 is 30.6 Å². The van der Waals surface area contributed by atoms with E-state index in [1.807, 2.05) is 0 Å². The van der Waals surface area contributed by atoms with Crippen LogP contribution in [-0.2, 0) is 0 Å². The molecule has 0 unspecified atom stereocenters. The fourth-order valence-corrected chi connectivity index (χ4v) is 1.37. The summed E-state index contributed by atoms with van der Waals surface area (Å²) in [4.78, 5) is 20.5. The maximum absolute atomic E-state index is 10.7. The Morgan fingerprint density at radius 3 is 1.21 bits per heavy atom. The Kier molecular flexibility index (Phi) is 11.6. The summed E-state index contributed by atoms with van der Waals surface area (Å²) in [6.45, 7) is 0. The maximum atomic E-state index is 10.7. The van der Waals surface area contributed by atoms with E-state index >= 15 is 0 Å². The van der Waals surface area contributed by atoms with Crippen LogP contribution in [0.2, 0.25) is 0 Å². The van der Waals surface area contributed by atoms with Crippen molar-refractivity contribution in [2.24, 2.45) is 0 Å². The first-order valence-electron chi connectivity index (χ1n) is 5.69. The van der Waals surface area contributed by atoms with Gasteiger partial charge in [0.25, 0.3) is 0 Å². The van der Waals surface area contributed by atoms with Crippen molar-refractivity contribution in [3.8, 4) is 23.0 Å². The third-order valence-corrected chi connectivity index (χ3v) is 2.39. The predicted molar refractivity (Wildman–Crippen MR) is 69.0 cm³/mol. The van der Waals surface area contributed by atoms with E-state index in [1.54, 1.807) is 0 Å². The van der Waals surface area contributed by atoms with E-state index in [0.717, 1.165) is 36.4 Å². The Labute approximate surface area is 180 Å². The number of hydrogen-bond acceptors (Lipinski definition) is 6. The molecule has 0 spiro atoms. The van der Waals surface area contributed by atoms with Gasteiger partial charge in [-0.25, -0.2) is 9.59 Å². The zero-order valence-corrected chi connectivity index (χ0v) is 16.9. The second kappa shape index (κ2) is 11.2. The molecule has 0 heterocycles. The van der Waals surface area contributed by atoms with Crippen LogP contribution in [0.25, 0.3) is 0 Å². The molecular weight excluding hydrogens is 342 g/mol. The average molecular weight is 352 g/mol. The van der Waals surface area contributed by atoms with Crippen molar-refractivity contribution in [2.75, 3.05) is 0 Å². The standard InChI is InChI=1S/2C7H6O4.2Na/c2*8-4-1-2-6(9)5(3-4)7(10)11;;/h2*1-3,8-9H,(H,10,11);;/q;;2*+1/p-2. The second-order valence-electron chi connectivity index (χ2n) is 3.97. The third-order valence-electron chi connectivity index (χ3n) is 2.39. The van der Waals surface area contributed by atoms with Gasteiger partial charge in [-0.3, -0.25) is 0 Å². The number of carbonyl (C=O) groups is 2. The number of phenols is 2. The summed E-state index contributed by atoms with van der Waals surface area (Å²) in [5.41, 5.74) is -0.824. The van der Waals surface area contributed by atoms with E-state index in [-0.39, 0.29) is 70.6 Å². The topological polar surface area (TPSA) is 161 Å². The number of phenolic OH excluding ortho intramolecular Hbond substituents is 2. The maximum Gasteiger partial charge on any atom is 1.00 e. The summed E-state index contributed by atoms with van der Waals surface area (Å²) >= 11 is 0. The van der Waals surface area contributed by atoms with Crippen molar-refractivity contribution in [3.63, 3.8) is 0 Å². The fraction of sp³-hybridized carbons (Fsp3) is 0. The van der Waals surface area contributed by atoms with Crippen molar-refractivity contribution < 1.29 is 99.3 Å². The summed E-state index contributed by atoms with van der Waals surface area (Å²) < 4.78 is 0. The van der Waals surface area contributed by atoms with Crippen LogP contribution in [0.1, 0.15) is 20.7 Å². The minimum absolute atomic E-state index is 0. The first-order chi connectivity index (χ1) is 10.2. The third kappa shape index (κ3) is 7.43. The van der Waals surface area contributed by atoms with Crippen LogP contribution in [0.5, 0.6) is 23.0 Å². The Bertz CT molecular complexity index is 656. The van der Waals surface area contributed by atoms with Crippen molar-refractivity contribution in [1.82, 2.24) is 0 Å². The molecule has 0 atom stereocenters. The Balaban J connectivity index is 0. The van der Waals surface area contributed by atoms with Crippen LogP contribution in [0.3, 0.4) is 0 Å². The molecule has 0 aliphatic carbocycles. The minimum Gasteiger partial charge on any atom is -0.872 e. The number of hydrogen-bond donors (Lipinski definition) is 4. The molecule has 116 valence electrons. The largest absolute Gasteiger partial charge is 1.00 e. The van der Waals surface area contributed by atoms with Crippen LogP contribution in [0.15, 0.2) is 36.4 Å². The molecule has 2 rings (SSSR count). The molecule has 10 heteroatoms. The summed E-state index contributed by atoms with van der Waals surface area (Å²) in [5, 5.41) is 55.8. The number of carboxylic acids is 2. The van der Waals surface area contributed by atoms with Crippen LogP contribution in [0.4, 0.5) is 0 Å². The van der Waals surface area contributed by atoms with Gasteiger partial charge in [0, 0.05) is 0 Å². The van der Waals surface area contributed by atoms with Gasteiger partial charge in [0.05, 0.1) is 11.1 Å². The molecule has 2 aromatic rings. The Morgan fingerprint density at radius 2 is 1.00 bits per heavy atom. The number of carboxylic acid groups (broad SMARTS) is 2. The van der Waals surface area contributed by atoms with Crippen LogP contribution < -0.4 is 69.3 Å². The van der Waals surface area contributed by atoms with E-state index in [9.17, 15) is 19.8 Å². The summed E-state index contributed by atoms with van der Waals surface area (Å²) in [7, 11) is 0. The molecule has 0 bridgehead atoms.